The first-order chi connectivity index (χ1) is 8.36. The molecule has 0 aromatic heterocycles. The number of aryl methyl sites for hydroxylation is 2. The zero-order valence-electron chi connectivity index (χ0n) is 12.1. The summed E-state index contributed by atoms with van der Waals surface area (Å²) in [5, 5.41) is 3.60. The average molecular weight is 249 g/mol. The summed E-state index contributed by atoms with van der Waals surface area (Å²) in [4.78, 5) is 0. The summed E-state index contributed by atoms with van der Waals surface area (Å²) < 4.78 is 13.4. The van der Waals surface area contributed by atoms with Gasteiger partial charge in [0.05, 0.1) is 0 Å². The molecule has 0 amide bonds. The second-order valence-corrected chi connectivity index (χ2v) is 6.29. The van der Waals surface area contributed by atoms with Crippen LogP contribution < -0.4 is 5.32 Å². The molecule has 0 aliphatic heterocycles. The van der Waals surface area contributed by atoms with Crippen LogP contribution in [0, 0.1) is 31.0 Å². The summed E-state index contributed by atoms with van der Waals surface area (Å²) in [6.45, 7) is 11.8. The van der Waals surface area contributed by atoms with Gasteiger partial charge < -0.3 is 5.32 Å². The lowest BCUT2D eigenvalue weighted by atomic mass is 9.90. The molecule has 1 fully saturated rings. The van der Waals surface area contributed by atoms with Gasteiger partial charge in [-0.05, 0) is 67.0 Å². The van der Waals surface area contributed by atoms with Gasteiger partial charge in [0.2, 0.25) is 0 Å². The molecular weight excluding hydrogens is 225 g/mol. The Hall–Kier alpha value is -0.890. The van der Waals surface area contributed by atoms with Gasteiger partial charge in [0.1, 0.15) is 5.82 Å². The molecule has 1 aliphatic rings. The Morgan fingerprint density at radius 2 is 1.83 bits per heavy atom. The fourth-order valence-corrected chi connectivity index (χ4v) is 3.15. The Balaban J connectivity index is 2.37. The molecule has 1 saturated carbocycles. The summed E-state index contributed by atoms with van der Waals surface area (Å²) in [7, 11) is 0. The smallest absolute Gasteiger partial charge is 0.123 e. The van der Waals surface area contributed by atoms with Crippen molar-refractivity contribution in [2.45, 2.75) is 47.1 Å². The van der Waals surface area contributed by atoms with Gasteiger partial charge in [-0.2, -0.15) is 0 Å². The van der Waals surface area contributed by atoms with Crippen molar-refractivity contribution in [3.05, 3.63) is 34.6 Å². The van der Waals surface area contributed by atoms with Crippen molar-refractivity contribution in [3.63, 3.8) is 0 Å². The third-order valence-electron chi connectivity index (χ3n) is 4.29. The summed E-state index contributed by atoms with van der Waals surface area (Å²) >= 11 is 0. The fraction of sp³-hybridized carbons (Fsp3) is 0.625. The van der Waals surface area contributed by atoms with Crippen LogP contribution in [0.25, 0.3) is 0 Å². The summed E-state index contributed by atoms with van der Waals surface area (Å²) in [6.07, 6.45) is 1.25. The molecule has 0 radical (unpaired) electrons. The molecule has 2 rings (SSSR count). The molecule has 2 unspecified atom stereocenters. The van der Waals surface area contributed by atoms with Crippen molar-refractivity contribution >= 4 is 0 Å². The van der Waals surface area contributed by atoms with Gasteiger partial charge in [0, 0.05) is 6.04 Å². The molecule has 2 atom stereocenters. The summed E-state index contributed by atoms with van der Waals surface area (Å²) in [6, 6.07) is 3.68. The SMILES string of the molecule is CCNC(c1c(C)cc(F)cc1C)C1CC1(C)C. The molecule has 1 nitrogen and oxygen atoms in total. The highest BCUT2D eigenvalue weighted by Crippen LogP contribution is 2.58. The zero-order chi connectivity index (χ0) is 13.5. The number of hydrogen-bond donors (Lipinski definition) is 1. The monoisotopic (exact) mass is 249 g/mol. The maximum atomic E-state index is 13.4. The van der Waals surface area contributed by atoms with E-state index in [1.807, 2.05) is 13.8 Å². The molecule has 1 aliphatic carbocycles. The fourth-order valence-electron chi connectivity index (χ4n) is 3.15. The van der Waals surface area contributed by atoms with E-state index < -0.39 is 0 Å². The van der Waals surface area contributed by atoms with Crippen LogP contribution in [0.3, 0.4) is 0 Å². The second kappa shape index (κ2) is 4.65. The minimum Gasteiger partial charge on any atom is -0.310 e. The topological polar surface area (TPSA) is 12.0 Å². The Morgan fingerprint density at radius 3 is 2.22 bits per heavy atom. The van der Waals surface area contributed by atoms with E-state index in [2.05, 4.69) is 26.1 Å². The van der Waals surface area contributed by atoms with E-state index in [1.165, 1.54) is 12.0 Å². The second-order valence-electron chi connectivity index (χ2n) is 6.29. The third-order valence-corrected chi connectivity index (χ3v) is 4.29. The number of halogens is 1. The van der Waals surface area contributed by atoms with Gasteiger partial charge in [-0.15, -0.1) is 0 Å². The molecule has 0 bridgehead atoms. The Kier molecular flexibility index (Phi) is 3.50. The van der Waals surface area contributed by atoms with Crippen molar-refractivity contribution in [1.82, 2.24) is 5.32 Å². The van der Waals surface area contributed by atoms with Crippen LogP contribution in [0.1, 0.15) is 49.9 Å². The molecule has 100 valence electrons. The van der Waals surface area contributed by atoms with Crippen LogP contribution in [0.5, 0.6) is 0 Å². The van der Waals surface area contributed by atoms with Crippen LogP contribution >= 0.6 is 0 Å². The molecule has 1 aromatic rings. The predicted molar refractivity (Wildman–Crippen MR) is 74.2 cm³/mol. The largest absolute Gasteiger partial charge is 0.310 e. The highest BCUT2D eigenvalue weighted by molar-refractivity contribution is 5.38. The van der Waals surface area contributed by atoms with Crippen molar-refractivity contribution in [2.24, 2.45) is 11.3 Å². The molecule has 1 N–H and O–H groups in total. The highest BCUT2D eigenvalue weighted by atomic mass is 19.1. The van der Waals surface area contributed by atoms with Gasteiger partial charge >= 0.3 is 0 Å². The van der Waals surface area contributed by atoms with E-state index in [0.717, 1.165) is 17.7 Å². The first-order valence-corrected chi connectivity index (χ1v) is 6.87. The zero-order valence-corrected chi connectivity index (χ0v) is 12.1. The van der Waals surface area contributed by atoms with E-state index in [4.69, 9.17) is 0 Å². The predicted octanol–water partition coefficient (Wildman–Crippen LogP) is 4.14. The average Bonchev–Trinajstić information content (AvgIpc) is 2.84. The van der Waals surface area contributed by atoms with Crippen LogP contribution in [0.2, 0.25) is 0 Å². The first-order valence-electron chi connectivity index (χ1n) is 6.87. The quantitative estimate of drug-likeness (QED) is 0.845. The Labute approximate surface area is 110 Å². The van der Waals surface area contributed by atoms with Gasteiger partial charge in [0.25, 0.3) is 0 Å². The normalized spacial score (nSPS) is 22.9. The van der Waals surface area contributed by atoms with Crippen LogP contribution in [0.15, 0.2) is 12.1 Å². The Bertz CT molecular complexity index is 427. The van der Waals surface area contributed by atoms with E-state index in [1.54, 1.807) is 12.1 Å². The number of hydrogen-bond acceptors (Lipinski definition) is 1. The van der Waals surface area contributed by atoms with E-state index in [-0.39, 0.29) is 5.82 Å². The van der Waals surface area contributed by atoms with Crippen molar-refractivity contribution in [2.75, 3.05) is 6.54 Å². The molecule has 0 heterocycles. The minimum absolute atomic E-state index is 0.126. The van der Waals surface area contributed by atoms with Crippen LogP contribution in [-0.2, 0) is 0 Å². The van der Waals surface area contributed by atoms with E-state index in [9.17, 15) is 4.39 Å². The van der Waals surface area contributed by atoms with Gasteiger partial charge in [-0.25, -0.2) is 4.39 Å². The van der Waals surface area contributed by atoms with Crippen LogP contribution in [-0.4, -0.2) is 6.54 Å². The standard InChI is InChI=1S/C16H24FN/c1-6-18-15(13-9-16(13,4)5)14-10(2)7-12(17)8-11(14)3/h7-8,13,15,18H,6,9H2,1-5H3. The molecular formula is C16H24FN. The maximum absolute atomic E-state index is 13.4. The number of rotatable bonds is 4. The number of nitrogens with one attached hydrogen (secondary N) is 1. The van der Waals surface area contributed by atoms with E-state index in [0.29, 0.717) is 17.4 Å². The van der Waals surface area contributed by atoms with Crippen molar-refractivity contribution in [3.8, 4) is 0 Å². The lowest BCUT2D eigenvalue weighted by Gasteiger charge is -2.24. The summed E-state index contributed by atoms with van der Waals surface area (Å²) in [5.74, 6) is 0.541. The Morgan fingerprint density at radius 1 is 1.33 bits per heavy atom. The first kappa shape index (κ1) is 13.5. The van der Waals surface area contributed by atoms with Crippen LogP contribution in [0.4, 0.5) is 4.39 Å². The van der Waals surface area contributed by atoms with Crippen molar-refractivity contribution in [1.29, 1.82) is 0 Å². The lowest BCUT2D eigenvalue weighted by Crippen LogP contribution is -2.26. The maximum Gasteiger partial charge on any atom is 0.123 e. The minimum atomic E-state index is -0.126. The van der Waals surface area contributed by atoms with E-state index >= 15 is 0 Å². The molecule has 18 heavy (non-hydrogen) atoms. The highest BCUT2D eigenvalue weighted by Gasteiger charge is 2.50. The molecule has 0 spiro atoms. The summed E-state index contributed by atoms with van der Waals surface area (Å²) in [5.41, 5.74) is 3.86. The number of benzene rings is 1. The molecule has 2 heteroatoms. The van der Waals surface area contributed by atoms with Gasteiger partial charge in [-0.1, -0.05) is 20.8 Å². The van der Waals surface area contributed by atoms with Gasteiger partial charge in [-0.3, -0.25) is 0 Å². The molecule has 1 aromatic carbocycles. The molecule has 0 saturated heterocycles. The third kappa shape index (κ3) is 2.44. The van der Waals surface area contributed by atoms with Crippen molar-refractivity contribution < 1.29 is 4.39 Å². The van der Waals surface area contributed by atoms with Gasteiger partial charge in [0.15, 0.2) is 0 Å². The lowest BCUT2D eigenvalue weighted by molar-refractivity contribution is 0.420.